The molecule has 0 saturated heterocycles. The van der Waals surface area contributed by atoms with E-state index in [2.05, 4.69) is 5.10 Å². The molecule has 0 aliphatic heterocycles. The van der Waals surface area contributed by atoms with Gasteiger partial charge in [0.1, 0.15) is 6.61 Å². The van der Waals surface area contributed by atoms with Gasteiger partial charge in [0.2, 0.25) is 0 Å². The molecule has 0 spiro atoms. The van der Waals surface area contributed by atoms with E-state index in [4.69, 9.17) is 39.5 Å². The monoisotopic (exact) mass is 451 g/mol. The van der Waals surface area contributed by atoms with Gasteiger partial charge in [-0.15, -0.1) is 0 Å². The van der Waals surface area contributed by atoms with Crippen LogP contribution in [-0.4, -0.2) is 27.6 Å². The second kappa shape index (κ2) is 9.53. The second-order valence-electron chi connectivity index (χ2n) is 6.51. The van der Waals surface area contributed by atoms with Crippen LogP contribution in [0.15, 0.2) is 48.7 Å². The van der Waals surface area contributed by atoms with Crippen molar-refractivity contribution in [2.45, 2.75) is 26.6 Å². The first-order valence-corrected chi connectivity index (χ1v) is 10.1. The molecule has 3 aromatic rings. The second-order valence-corrected chi connectivity index (χ2v) is 7.76. The summed E-state index contributed by atoms with van der Waals surface area (Å²) in [6, 6.07) is 12.3. The van der Waals surface area contributed by atoms with Crippen LogP contribution in [0.4, 0.5) is 0 Å². The summed E-state index contributed by atoms with van der Waals surface area (Å²) >= 11 is 18.2. The standard InChI is InChI=1S/C21H20Cl3N3O2/c1-3-27-8-7-17(25-27)12-26(2)21(28)15-6-4-5-14(9-15)13-29-20-18(23)10-16(22)11-19(20)24/h4-11H,3,12-13H2,1-2H3. The number of aryl methyl sites for hydroxylation is 1. The molecule has 0 radical (unpaired) electrons. The van der Waals surface area contributed by atoms with Crippen LogP contribution in [0.2, 0.25) is 15.1 Å². The Kier molecular flexibility index (Phi) is 7.06. The molecule has 2 aromatic carbocycles. The first-order valence-electron chi connectivity index (χ1n) is 9.01. The number of carbonyl (C=O) groups is 1. The van der Waals surface area contributed by atoms with E-state index in [0.717, 1.165) is 17.8 Å². The lowest BCUT2D eigenvalue weighted by Gasteiger charge is -2.17. The summed E-state index contributed by atoms with van der Waals surface area (Å²) in [7, 11) is 1.75. The topological polar surface area (TPSA) is 47.4 Å². The summed E-state index contributed by atoms with van der Waals surface area (Å²) in [5.74, 6) is 0.263. The number of hydrogen-bond acceptors (Lipinski definition) is 3. The SMILES string of the molecule is CCn1ccc(CN(C)C(=O)c2cccc(COc3c(Cl)cc(Cl)cc3Cl)c2)n1. The van der Waals surface area contributed by atoms with Crippen molar-refractivity contribution in [3.05, 3.63) is 80.6 Å². The van der Waals surface area contributed by atoms with Gasteiger partial charge in [-0.2, -0.15) is 5.10 Å². The number of aromatic nitrogens is 2. The molecule has 152 valence electrons. The zero-order valence-corrected chi connectivity index (χ0v) is 18.3. The molecule has 0 saturated carbocycles. The van der Waals surface area contributed by atoms with E-state index in [1.54, 1.807) is 36.2 Å². The van der Waals surface area contributed by atoms with Crippen LogP contribution in [0.25, 0.3) is 0 Å². The third-order valence-electron chi connectivity index (χ3n) is 4.29. The van der Waals surface area contributed by atoms with Crippen molar-refractivity contribution in [3.63, 3.8) is 0 Å². The van der Waals surface area contributed by atoms with Gasteiger partial charge in [-0.05, 0) is 42.8 Å². The number of hydrogen-bond donors (Lipinski definition) is 0. The van der Waals surface area contributed by atoms with Crippen LogP contribution in [0, 0.1) is 0 Å². The fourth-order valence-electron chi connectivity index (χ4n) is 2.82. The number of ether oxygens (including phenoxy) is 1. The van der Waals surface area contributed by atoms with Gasteiger partial charge >= 0.3 is 0 Å². The Bertz CT molecular complexity index is 997. The Morgan fingerprint density at radius 3 is 2.52 bits per heavy atom. The third-order valence-corrected chi connectivity index (χ3v) is 5.07. The van der Waals surface area contributed by atoms with Crippen molar-refractivity contribution in [1.82, 2.24) is 14.7 Å². The highest BCUT2D eigenvalue weighted by atomic mass is 35.5. The summed E-state index contributed by atoms with van der Waals surface area (Å²) in [6.45, 7) is 3.46. The number of amides is 1. The molecule has 0 atom stereocenters. The van der Waals surface area contributed by atoms with E-state index < -0.39 is 0 Å². The first-order chi connectivity index (χ1) is 13.9. The van der Waals surface area contributed by atoms with Crippen LogP contribution in [0.1, 0.15) is 28.5 Å². The molecule has 0 fully saturated rings. The fourth-order valence-corrected chi connectivity index (χ4v) is 3.74. The predicted molar refractivity (Wildman–Crippen MR) is 116 cm³/mol. The number of carbonyl (C=O) groups excluding carboxylic acids is 1. The molecule has 0 bridgehead atoms. The average molecular weight is 453 g/mol. The maximum Gasteiger partial charge on any atom is 0.253 e. The zero-order chi connectivity index (χ0) is 21.0. The molecule has 3 rings (SSSR count). The van der Waals surface area contributed by atoms with E-state index in [1.807, 2.05) is 36.0 Å². The Labute approximate surface area is 184 Å². The van der Waals surface area contributed by atoms with Crippen LogP contribution in [0.5, 0.6) is 5.75 Å². The van der Waals surface area contributed by atoms with Crippen molar-refractivity contribution in [2.24, 2.45) is 0 Å². The molecule has 1 heterocycles. The molecule has 0 N–H and O–H groups in total. The minimum atomic E-state index is -0.0968. The largest absolute Gasteiger partial charge is 0.486 e. The maximum atomic E-state index is 12.8. The molecule has 8 heteroatoms. The first kappa shape index (κ1) is 21.5. The number of benzene rings is 2. The highest BCUT2D eigenvalue weighted by Gasteiger charge is 2.15. The minimum absolute atomic E-state index is 0.0968. The Balaban J connectivity index is 1.67. The number of halogens is 3. The van der Waals surface area contributed by atoms with E-state index in [1.165, 1.54) is 0 Å². The highest BCUT2D eigenvalue weighted by molar-refractivity contribution is 6.40. The van der Waals surface area contributed by atoms with Gasteiger partial charge in [-0.3, -0.25) is 9.48 Å². The lowest BCUT2D eigenvalue weighted by Crippen LogP contribution is -2.26. The zero-order valence-electron chi connectivity index (χ0n) is 16.0. The number of nitrogens with zero attached hydrogens (tertiary/aromatic N) is 3. The van der Waals surface area contributed by atoms with Gasteiger partial charge < -0.3 is 9.64 Å². The Morgan fingerprint density at radius 2 is 1.86 bits per heavy atom. The van der Waals surface area contributed by atoms with Crippen molar-refractivity contribution < 1.29 is 9.53 Å². The lowest BCUT2D eigenvalue weighted by atomic mass is 10.1. The summed E-state index contributed by atoms with van der Waals surface area (Å²) in [5.41, 5.74) is 2.23. The Hall–Kier alpha value is -2.21. The summed E-state index contributed by atoms with van der Waals surface area (Å²) in [5, 5.41) is 5.52. The van der Waals surface area contributed by atoms with E-state index in [0.29, 0.717) is 32.9 Å². The third kappa shape index (κ3) is 5.44. The lowest BCUT2D eigenvalue weighted by molar-refractivity contribution is 0.0783. The van der Waals surface area contributed by atoms with Gasteiger partial charge in [0.05, 0.1) is 22.3 Å². The van der Waals surface area contributed by atoms with Crippen molar-refractivity contribution in [3.8, 4) is 5.75 Å². The van der Waals surface area contributed by atoms with E-state index in [9.17, 15) is 4.79 Å². The molecule has 0 aliphatic carbocycles. The quantitative estimate of drug-likeness (QED) is 0.461. The molecule has 1 aromatic heterocycles. The van der Waals surface area contributed by atoms with Crippen LogP contribution >= 0.6 is 34.8 Å². The van der Waals surface area contributed by atoms with Crippen molar-refractivity contribution >= 4 is 40.7 Å². The normalized spacial score (nSPS) is 10.8. The summed E-state index contributed by atoms with van der Waals surface area (Å²) in [4.78, 5) is 14.4. The average Bonchev–Trinajstić information content (AvgIpc) is 3.14. The molecule has 5 nitrogen and oxygen atoms in total. The van der Waals surface area contributed by atoms with Crippen LogP contribution in [-0.2, 0) is 19.7 Å². The van der Waals surface area contributed by atoms with Crippen LogP contribution in [0.3, 0.4) is 0 Å². The van der Waals surface area contributed by atoms with Crippen molar-refractivity contribution in [1.29, 1.82) is 0 Å². The maximum absolute atomic E-state index is 12.8. The molecule has 1 amide bonds. The molecule has 0 aliphatic rings. The van der Waals surface area contributed by atoms with Gasteiger partial charge in [0.15, 0.2) is 5.75 Å². The Morgan fingerprint density at radius 1 is 1.14 bits per heavy atom. The molecular formula is C21H20Cl3N3O2. The predicted octanol–water partition coefficient (Wildman–Crippen LogP) is 5.71. The smallest absolute Gasteiger partial charge is 0.253 e. The van der Waals surface area contributed by atoms with E-state index >= 15 is 0 Å². The summed E-state index contributed by atoms with van der Waals surface area (Å²) < 4.78 is 7.59. The van der Waals surface area contributed by atoms with Gasteiger partial charge in [-0.1, -0.05) is 46.9 Å². The molecular weight excluding hydrogens is 433 g/mol. The number of rotatable bonds is 7. The van der Waals surface area contributed by atoms with Gasteiger partial charge in [-0.25, -0.2) is 0 Å². The minimum Gasteiger partial charge on any atom is -0.486 e. The van der Waals surface area contributed by atoms with Crippen molar-refractivity contribution in [2.75, 3.05) is 7.05 Å². The highest BCUT2D eigenvalue weighted by Crippen LogP contribution is 2.36. The molecule has 0 unspecified atom stereocenters. The summed E-state index contributed by atoms with van der Waals surface area (Å²) in [6.07, 6.45) is 1.90. The van der Waals surface area contributed by atoms with Gasteiger partial charge in [0.25, 0.3) is 5.91 Å². The fraction of sp³-hybridized carbons (Fsp3) is 0.238. The molecule has 29 heavy (non-hydrogen) atoms. The van der Waals surface area contributed by atoms with Gasteiger partial charge in [0, 0.05) is 30.4 Å². The van der Waals surface area contributed by atoms with Crippen LogP contribution < -0.4 is 4.74 Å². The van der Waals surface area contributed by atoms with E-state index in [-0.39, 0.29) is 12.5 Å².